The van der Waals surface area contributed by atoms with Crippen LogP contribution in [0.3, 0.4) is 0 Å². The van der Waals surface area contributed by atoms with E-state index >= 15 is 0 Å². The van der Waals surface area contributed by atoms with Crippen molar-refractivity contribution >= 4 is 41.3 Å². The lowest BCUT2D eigenvalue weighted by atomic mass is 10.1. The Morgan fingerprint density at radius 3 is 2.24 bits per heavy atom. The van der Waals surface area contributed by atoms with Crippen molar-refractivity contribution in [1.29, 1.82) is 0 Å². The molecule has 0 aliphatic carbocycles. The lowest BCUT2D eigenvalue weighted by Crippen LogP contribution is -2.36. The molecule has 0 unspecified atom stereocenters. The summed E-state index contributed by atoms with van der Waals surface area (Å²) in [6.07, 6.45) is 2.69. The first-order valence-corrected chi connectivity index (χ1v) is 9.53. The van der Waals surface area contributed by atoms with Crippen molar-refractivity contribution in [2.75, 3.05) is 20.1 Å². The Hall–Kier alpha value is -1.12. The summed E-state index contributed by atoms with van der Waals surface area (Å²) in [5.74, 6) is 0.836. The van der Waals surface area contributed by atoms with Crippen molar-refractivity contribution < 1.29 is 0 Å². The molecule has 0 radical (unpaired) electrons. The van der Waals surface area contributed by atoms with E-state index in [1.807, 2.05) is 7.05 Å². The number of hydrogen-bond acceptors (Lipinski definition) is 3. The van der Waals surface area contributed by atoms with Crippen molar-refractivity contribution in [3.8, 4) is 0 Å². The number of hydrogen-bond donors (Lipinski definition) is 2. The first-order chi connectivity index (χ1) is 11.8. The lowest BCUT2D eigenvalue weighted by Gasteiger charge is -2.15. The van der Waals surface area contributed by atoms with Crippen LogP contribution in [0.4, 0.5) is 0 Å². The molecule has 136 valence electrons. The first kappa shape index (κ1) is 20.2. The summed E-state index contributed by atoms with van der Waals surface area (Å²) in [7, 11) is 1.81. The molecule has 1 fully saturated rings. The standard InChI is InChI=1S/C19H26N4S.HI/c1-20-19(22-13-18-8-11-24-15-18)21-12-16-4-6-17(7-5-16)14-23-9-2-3-10-23;/h4-8,11,15H,2-3,9-10,12-14H2,1H3,(H2,20,21,22);1H. The number of rotatable bonds is 6. The second-order valence-electron chi connectivity index (χ2n) is 6.21. The molecule has 6 heteroatoms. The van der Waals surface area contributed by atoms with Crippen LogP contribution in [0.25, 0.3) is 0 Å². The summed E-state index contributed by atoms with van der Waals surface area (Å²) in [5, 5.41) is 11.0. The molecular formula is C19H27IN4S. The third-order valence-corrected chi connectivity index (χ3v) is 5.08. The van der Waals surface area contributed by atoms with Crippen molar-refractivity contribution in [2.24, 2.45) is 4.99 Å². The van der Waals surface area contributed by atoms with Gasteiger partial charge in [0, 0.05) is 26.7 Å². The average molecular weight is 470 g/mol. The third kappa shape index (κ3) is 6.60. The zero-order valence-corrected chi connectivity index (χ0v) is 17.8. The quantitative estimate of drug-likeness (QED) is 0.383. The van der Waals surface area contributed by atoms with Gasteiger partial charge in [-0.05, 0) is 59.4 Å². The molecule has 0 saturated carbocycles. The molecule has 3 rings (SSSR count). The number of likely N-dealkylation sites (tertiary alicyclic amines) is 1. The van der Waals surface area contributed by atoms with Crippen LogP contribution in [0.15, 0.2) is 46.1 Å². The van der Waals surface area contributed by atoms with E-state index < -0.39 is 0 Å². The predicted octanol–water partition coefficient (Wildman–Crippen LogP) is 3.83. The average Bonchev–Trinajstić information content (AvgIpc) is 3.30. The van der Waals surface area contributed by atoms with Crippen LogP contribution >= 0.6 is 35.3 Å². The van der Waals surface area contributed by atoms with Gasteiger partial charge in [-0.3, -0.25) is 9.89 Å². The van der Waals surface area contributed by atoms with Crippen LogP contribution in [-0.2, 0) is 19.6 Å². The van der Waals surface area contributed by atoms with Gasteiger partial charge >= 0.3 is 0 Å². The summed E-state index contributed by atoms with van der Waals surface area (Å²) in [6.45, 7) is 5.16. The van der Waals surface area contributed by atoms with Crippen molar-refractivity contribution in [1.82, 2.24) is 15.5 Å². The molecule has 1 aromatic carbocycles. The molecule has 2 aromatic rings. The van der Waals surface area contributed by atoms with E-state index in [1.165, 1.54) is 42.6 Å². The monoisotopic (exact) mass is 470 g/mol. The van der Waals surface area contributed by atoms with Crippen LogP contribution in [0.2, 0.25) is 0 Å². The van der Waals surface area contributed by atoms with E-state index in [2.05, 4.69) is 61.6 Å². The van der Waals surface area contributed by atoms with Gasteiger partial charge in [0.1, 0.15) is 0 Å². The van der Waals surface area contributed by atoms with E-state index in [1.54, 1.807) is 11.3 Å². The van der Waals surface area contributed by atoms with E-state index in [4.69, 9.17) is 0 Å². The number of thiophene rings is 1. The smallest absolute Gasteiger partial charge is 0.191 e. The maximum absolute atomic E-state index is 4.28. The fourth-order valence-electron chi connectivity index (χ4n) is 2.95. The minimum atomic E-state index is 0. The molecule has 1 aliphatic rings. The van der Waals surface area contributed by atoms with Crippen molar-refractivity contribution in [2.45, 2.75) is 32.5 Å². The zero-order valence-electron chi connectivity index (χ0n) is 14.7. The van der Waals surface area contributed by atoms with Crippen LogP contribution in [0, 0.1) is 0 Å². The Balaban J connectivity index is 0.00000225. The summed E-state index contributed by atoms with van der Waals surface area (Å²) >= 11 is 1.72. The van der Waals surface area contributed by atoms with Gasteiger partial charge < -0.3 is 10.6 Å². The van der Waals surface area contributed by atoms with Gasteiger partial charge in [0.25, 0.3) is 0 Å². The van der Waals surface area contributed by atoms with Crippen LogP contribution < -0.4 is 10.6 Å². The SMILES string of the molecule is CN=C(NCc1ccc(CN2CCCC2)cc1)NCc1ccsc1.I. The van der Waals surface area contributed by atoms with Gasteiger partial charge in [-0.25, -0.2) is 0 Å². The fraction of sp³-hybridized carbons (Fsp3) is 0.421. The number of aliphatic imine (C=N–C) groups is 1. The Morgan fingerprint density at radius 1 is 1.00 bits per heavy atom. The molecule has 0 atom stereocenters. The van der Waals surface area contributed by atoms with Gasteiger partial charge in [0.15, 0.2) is 5.96 Å². The van der Waals surface area contributed by atoms with Crippen LogP contribution in [-0.4, -0.2) is 31.0 Å². The summed E-state index contributed by atoms with van der Waals surface area (Å²) < 4.78 is 0. The summed E-state index contributed by atoms with van der Waals surface area (Å²) in [4.78, 5) is 6.81. The van der Waals surface area contributed by atoms with Gasteiger partial charge in [-0.15, -0.1) is 24.0 Å². The highest BCUT2D eigenvalue weighted by Gasteiger charge is 2.11. The van der Waals surface area contributed by atoms with Gasteiger partial charge in [-0.1, -0.05) is 24.3 Å². The van der Waals surface area contributed by atoms with E-state index in [-0.39, 0.29) is 24.0 Å². The molecule has 1 aliphatic heterocycles. The number of nitrogens with zero attached hydrogens (tertiary/aromatic N) is 2. The highest BCUT2D eigenvalue weighted by molar-refractivity contribution is 14.0. The van der Waals surface area contributed by atoms with Gasteiger partial charge in [0.2, 0.25) is 0 Å². The number of benzene rings is 1. The normalized spacial score (nSPS) is 15.0. The largest absolute Gasteiger partial charge is 0.352 e. The Morgan fingerprint density at radius 2 is 1.64 bits per heavy atom. The maximum Gasteiger partial charge on any atom is 0.191 e. The van der Waals surface area contributed by atoms with E-state index in [9.17, 15) is 0 Å². The van der Waals surface area contributed by atoms with E-state index in [0.29, 0.717) is 0 Å². The number of halogens is 1. The summed E-state index contributed by atoms with van der Waals surface area (Å²) in [5.41, 5.74) is 3.97. The van der Waals surface area contributed by atoms with Gasteiger partial charge in [-0.2, -0.15) is 11.3 Å². The fourth-order valence-corrected chi connectivity index (χ4v) is 3.62. The van der Waals surface area contributed by atoms with Crippen molar-refractivity contribution in [3.05, 3.63) is 57.8 Å². The number of guanidine groups is 1. The second-order valence-corrected chi connectivity index (χ2v) is 6.99. The summed E-state index contributed by atoms with van der Waals surface area (Å²) in [6, 6.07) is 11.0. The van der Waals surface area contributed by atoms with Gasteiger partial charge in [0.05, 0.1) is 0 Å². The third-order valence-electron chi connectivity index (χ3n) is 4.35. The molecule has 0 bridgehead atoms. The highest BCUT2D eigenvalue weighted by Crippen LogP contribution is 2.13. The Kier molecular flexibility index (Phi) is 8.71. The van der Waals surface area contributed by atoms with Crippen LogP contribution in [0.1, 0.15) is 29.5 Å². The Labute approximate surface area is 171 Å². The highest BCUT2D eigenvalue weighted by atomic mass is 127. The maximum atomic E-state index is 4.28. The Bertz CT molecular complexity index is 634. The van der Waals surface area contributed by atoms with Crippen LogP contribution in [0.5, 0.6) is 0 Å². The molecule has 2 heterocycles. The van der Waals surface area contributed by atoms with Crippen molar-refractivity contribution in [3.63, 3.8) is 0 Å². The minimum Gasteiger partial charge on any atom is -0.352 e. The second kappa shape index (κ2) is 10.8. The van der Waals surface area contributed by atoms with E-state index in [0.717, 1.165) is 25.6 Å². The molecule has 2 N–H and O–H groups in total. The molecule has 25 heavy (non-hydrogen) atoms. The molecule has 1 aromatic heterocycles. The molecule has 0 amide bonds. The zero-order chi connectivity index (χ0) is 16.6. The molecule has 4 nitrogen and oxygen atoms in total. The minimum absolute atomic E-state index is 0. The molecular weight excluding hydrogens is 443 g/mol. The topological polar surface area (TPSA) is 39.7 Å². The number of nitrogens with one attached hydrogen (secondary N) is 2. The lowest BCUT2D eigenvalue weighted by molar-refractivity contribution is 0.331. The first-order valence-electron chi connectivity index (χ1n) is 8.59. The predicted molar refractivity (Wildman–Crippen MR) is 118 cm³/mol. The molecule has 0 spiro atoms. The molecule has 1 saturated heterocycles.